The molecule has 0 saturated carbocycles. The first-order valence-electron chi connectivity index (χ1n) is 9.23. The topological polar surface area (TPSA) is 54.5 Å². The molecule has 4 rings (SSSR count). The van der Waals surface area contributed by atoms with Crippen molar-refractivity contribution < 1.29 is 22.7 Å². The highest BCUT2D eigenvalue weighted by Crippen LogP contribution is 2.44. The summed E-state index contributed by atoms with van der Waals surface area (Å²) in [6, 6.07) is 16.5. The standard InChI is InChI=1S/C22H18F3N3O2/c1-30-19-11-15-16(13-27-18(15)12-17(19)22(23,24)25)21(29)28(14-7-3-2-4-8-14)20-9-5-6-10-26-20/h2-12,16,27H,13H2,1H3. The van der Waals surface area contributed by atoms with Crippen LogP contribution in [0.4, 0.5) is 30.4 Å². The molecule has 30 heavy (non-hydrogen) atoms. The molecule has 3 aromatic rings. The predicted molar refractivity (Wildman–Crippen MR) is 107 cm³/mol. The molecule has 0 fully saturated rings. The van der Waals surface area contributed by atoms with Gasteiger partial charge >= 0.3 is 6.18 Å². The van der Waals surface area contributed by atoms with Gasteiger partial charge in [-0.1, -0.05) is 24.3 Å². The normalized spacial score (nSPS) is 15.3. The largest absolute Gasteiger partial charge is 0.496 e. The first kappa shape index (κ1) is 19.8. The van der Waals surface area contributed by atoms with Crippen molar-refractivity contribution in [3.8, 4) is 5.75 Å². The fourth-order valence-corrected chi connectivity index (χ4v) is 3.56. The Kier molecular flexibility index (Phi) is 5.07. The summed E-state index contributed by atoms with van der Waals surface area (Å²) in [6.07, 6.45) is -2.98. The molecule has 2 heterocycles. The number of nitrogens with one attached hydrogen (secondary N) is 1. The molecule has 1 N–H and O–H groups in total. The van der Waals surface area contributed by atoms with Gasteiger partial charge in [-0.2, -0.15) is 13.2 Å². The quantitative estimate of drug-likeness (QED) is 0.655. The molecule has 0 spiro atoms. The minimum absolute atomic E-state index is 0.175. The average Bonchev–Trinajstić information content (AvgIpc) is 3.17. The second-order valence-corrected chi connectivity index (χ2v) is 6.77. The lowest BCUT2D eigenvalue weighted by Crippen LogP contribution is -2.32. The zero-order valence-electron chi connectivity index (χ0n) is 16.0. The molecule has 2 aromatic carbocycles. The van der Waals surface area contributed by atoms with Crippen molar-refractivity contribution in [2.45, 2.75) is 12.1 Å². The van der Waals surface area contributed by atoms with Crippen molar-refractivity contribution in [2.24, 2.45) is 0 Å². The Bertz CT molecular complexity index is 1020. The predicted octanol–water partition coefficient (Wildman–Crippen LogP) is 4.98. The molecule has 0 bridgehead atoms. The van der Waals surface area contributed by atoms with E-state index in [1.807, 2.05) is 6.07 Å². The van der Waals surface area contributed by atoms with E-state index in [-0.39, 0.29) is 23.9 Å². The number of ether oxygens (including phenoxy) is 1. The van der Waals surface area contributed by atoms with Crippen LogP contribution in [0.25, 0.3) is 0 Å². The number of carbonyl (C=O) groups is 1. The lowest BCUT2D eigenvalue weighted by Gasteiger charge is -2.25. The van der Waals surface area contributed by atoms with E-state index in [9.17, 15) is 18.0 Å². The van der Waals surface area contributed by atoms with Crippen molar-refractivity contribution >= 4 is 23.1 Å². The summed E-state index contributed by atoms with van der Waals surface area (Å²) < 4.78 is 45.0. The molecule has 154 valence electrons. The molecule has 0 aliphatic carbocycles. The highest BCUT2D eigenvalue weighted by Gasteiger charge is 2.39. The fraction of sp³-hybridized carbons (Fsp3) is 0.182. The summed E-state index contributed by atoms with van der Waals surface area (Å²) in [7, 11) is 1.18. The van der Waals surface area contributed by atoms with Crippen molar-refractivity contribution in [3.63, 3.8) is 0 Å². The number of aromatic nitrogens is 1. The Morgan fingerprint density at radius 2 is 1.87 bits per heavy atom. The first-order chi connectivity index (χ1) is 14.4. The Labute approximate surface area is 171 Å². The number of fused-ring (bicyclic) bond motifs is 1. The van der Waals surface area contributed by atoms with E-state index < -0.39 is 17.7 Å². The molecule has 1 aromatic heterocycles. The smallest absolute Gasteiger partial charge is 0.420 e. The maximum Gasteiger partial charge on any atom is 0.420 e. The number of methoxy groups -OCH3 is 1. The van der Waals surface area contributed by atoms with Crippen LogP contribution in [-0.2, 0) is 11.0 Å². The highest BCUT2D eigenvalue weighted by atomic mass is 19.4. The number of alkyl halides is 3. The van der Waals surface area contributed by atoms with E-state index in [1.54, 1.807) is 48.7 Å². The number of rotatable bonds is 4. The van der Waals surface area contributed by atoms with Crippen molar-refractivity contribution in [2.75, 3.05) is 23.9 Å². The van der Waals surface area contributed by atoms with Gasteiger partial charge in [0, 0.05) is 18.4 Å². The Morgan fingerprint density at radius 3 is 2.50 bits per heavy atom. The summed E-state index contributed by atoms with van der Waals surface area (Å²) in [6.45, 7) is 0.175. The van der Waals surface area contributed by atoms with E-state index >= 15 is 0 Å². The number of hydrogen-bond donors (Lipinski definition) is 1. The number of nitrogens with zero attached hydrogens (tertiary/aromatic N) is 2. The second kappa shape index (κ2) is 7.70. The Balaban J connectivity index is 1.77. The molecule has 1 aliphatic rings. The van der Waals surface area contributed by atoms with Crippen LogP contribution in [0.5, 0.6) is 5.75 Å². The van der Waals surface area contributed by atoms with E-state index in [4.69, 9.17) is 4.74 Å². The van der Waals surface area contributed by atoms with Crippen LogP contribution in [0.2, 0.25) is 0 Å². The number of benzene rings is 2. The van der Waals surface area contributed by atoms with Gasteiger partial charge in [0.25, 0.3) is 0 Å². The molecular weight excluding hydrogens is 395 g/mol. The third-order valence-electron chi connectivity index (χ3n) is 4.96. The van der Waals surface area contributed by atoms with Crippen LogP contribution in [0.3, 0.4) is 0 Å². The van der Waals surface area contributed by atoms with Gasteiger partial charge in [-0.25, -0.2) is 4.98 Å². The minimum Gasteiger partial charge on any atom is -0.496 e. The van der Waals surface area contributed by atoms with E-state index in [0.717, 1.165) is 6.07 Å². The monoisotopic (exact) mass is 413 g/mol. The van der Waals surface area contributed by atoms with Crippen molar-refractivity contribution in [1.29, 1.82) is 0 Å². The van der Waals surface area contributed by atoms with E-state index in [2.05, 4.69) is 10.3 Å². The zero-order valence-corrected chi connectivity index (χ0v) is 16.0. The van der Waals surface area contributed by atoms with Gasteiger partial charge in [-0.05, 0) is 42.0 Å². The Morgan fingerprint density at radius 1 is 1.13 bits per heavy atom. The maximum absolute atomic E-state index is 13.6. The van der Waals surface area contributed by atoms with E-state index in [0.29, 0.717) is 17.1 Å². The summed E-state index contributed by atoms with van der Waals surface area (Å²) in [4.78, 5) is 19.3. The molecule has 1 aliphatic heterocycles. The highest BCUT2D eigenvalue weighted by molar-refractivity contribution is 6.05. The van der Waals surface area contributed by atoms with Crippen molar-refractivity contribution in [3.05, 3.63) is 78.0 Å². The van der Waals surface area contributed by atoms with Gasteiger partial charge in [0.2, 0.25) is 5.91 Å². The first-order valence-corrected chi connectivity index (χ1v) is 9.23. The third-order valence-corrected chi connectivity index (χ3v) is 4.96. The van der Waals surface area contributed by atoms with Gasteiger partial charge in [0.05, 0.1) is 24.3 Å². The van der Waals surface area contributed by atoms with E-state index in [1.165, 1.54) is 18.1 Å². The van der Waals surface area contributed by atoms with Crippen LogP contribution in [-0.4, -0.2) is 24.5 Å². The van der Waals surface area contributed by atoms with Gasteiger partial charge in [-0.3, -0.25) is 9.69 Å². The maximum atomic E-state index is 13.6. The minimum atomic E-state index is -4.56. The fourth-order valence-electron chi connectivity index (χ4n) is 3.56. The second-order valence-electron chi connectivity index (χ2n) is 6.77. The average molecular weight is 413 g/mol. The molecule has 1 unspecified atom stereocenters. The lowest BCUT2D eigenvalue weighted by atomic mass is 9.97. The Hall–Kier alpha value is -3.55. The number of hydrogen-bond acceptors (Lipinski definition) is 4. The van der Waals surface area contributed by atoms with Crippen molar-refractivity contribution in [1.82, 2.24) is 4.98 Å². The molecular formula is C22H18F3N3O2. The van der Waals surface area contributed by atoms with Crippen LogP contribution >= 0.6 is 0 Å². The third kappa shape index (κ3) is 3.56. The number of amides is 1. The molecule has 5 nitrogen and oxygen atoms in total. The number of halogens is 3. The number of anilines is 3. The lowest BCUT2D eigenvalue weighted by molar-refractivity contribution is -0.138. The number of para-hydroxylation sites is 1. The summed E-state index contributed by atoms with van der Waals surface area (Å²) >= 11 is 0. The van der Waals surface area contributed by atoms with Gasteiger partial charge in [0.15, 0.2) is 0 Å². The molecule has 1 amide bonds. The van der Waals surface area contributed by atoms with Crippen LogP contribution < -0.4 is 15.0 Å². The number of pyridine rings is 1. The van der Waals surface area contributed by atoms with Gasteiger partial charge < -0.3 is 10.1 Å². The molecule has 8 heteroatoms. The molecule has 0 radical (unpaired) electrons. The van der Waals surface area contributed by atoms with Crippen LogP contribution in [0.1, 0.15) is 17.0 Å². The molecule has 0 saturated heterocycles. The van der Waals surface area contributed by atoms with Crippen LogP contribution in [0.15, 0.2) is 66.9 Å². The molecule has 1 atom stereocenters. The summed E-state index contributed by atoms with van der Waals surface area (Å²) in [5, 5.41) is 2.93. The van der Waals surface area contributed by atoms with Gasteiger partial charge in [-0.15, -0.1) is 0 Å². The van der Waals surface area contributed by atoms with Gasteiger partial charge in [0.1, 0.15) is 11.6 Å². The zero-order chi connectivity index (χ0) is 21.3. The SMILES string of the molecule is COc1cc2c(cc1C(F)(F)F)NCC2C(=O)N(c1ccccc1)c1ccccn1. The summed E-state index contributed by atoms with van der Waals surface area (Å²) in [5.41, 5.74) is 0.472. The number of carbonyl (C=O) groups excluding carboxylic acids is 1. The van der Waals surface area contributed by atoms with Crippen LogP contribution in [0, 0.1) is 0 Å². The summed E-state index contributed by atoms with van der Waals surface area (Å²) in [5.74, 6) is -0.876.